The van der Waals surface area contributed by atoms with Crippen LogP contribution in [0.3, 0.4) is 0 Å². The Bertz CT molecular complexity index is 1140. The lowest BCUT2D eigenvalue weighted by atomic mass is 10.1. The monoisotopic (exact) mass is 433 g/mol. The molecule has 6 nitrogen and oxygen atoms in total. The fourth-order valence-corrected chi connectivity index (χ4v) is 4.88. The summed E-state index contributed by atoms with van der Waals surface area (Å²) in [6.07, 6.45) is 1.60. The molecule has 0 unspecified atom stereocenters. The third-order valence-electron chi connectivity index (χ3n) is 5.08. The van der Waals surface area contributed by atoms with Crippen molar-refractivity contribution < 1.29 is 21.6 Å². The molecule has 0 N–H and O–H groups in total. The SMILES string of the molecule is Cc1ccc(-c2nc(CN3CCN(S(=O)(=O)c4cc(F)ccc4F)CC3)co2)cc1. The van der Waals surface area contributed by atoms with Crippen molar-refractivity contribution in [3.8, 4) is 11.5 Å². The number of nitrogens with zero attached hydrogens (tertiary/aromatic N) is 3. The number of hydrogen-bond acceptors (Lipinski definition) is 5. The minimum absolute atomic E-state index is 0.182. The highest BCUT2D eigenvalue weighted by Gasteiger charge is 2.31. The van der Waals surface area contributed by atoms with E-state index in [4.69, 9.17) is 4.42 Å². The number of hydrogen-bond donors (Lipinski definition) is 0. The van der Waals surface area contributed by atoms with Crippen molar-refractivity contribution in [2.24, 2.45) is 0 Å². The molecule has 0 spiro atoms. The van der Waals surface area contributed by atoms with Gasteiger partial charge in [-0.25, -0.2) is 22.2 Å². The number of rotatable bonds is 5. The molecule has 2 aromatic carbocycles. The molecule has 2 heterocycles. The van der Waals surface area contributed by atoms with E-state index in [1.165, 1.54) is 4.31 Å². The molecule has 1 aromatic heterocycles. The third-order valence-corrected chi connectivity index (χ3v) is 6.99. The molecule has 0 saturated carbocycles. The molecule has 0 bridgehead atoms. The van der Waals surface area contributed by atoms with Crippen molar-refractivity contribution in [2.45, 2.75) is 18.4 Å². The lowest BCUT2D eigenvalue weighted by Gasteiger charge is -2.33. The normalized spacial score (nSPS) is 16.1. The number of sulfonamides is 1. The first-order valence-corrected chi connectivity index (χ1v) is 11.0. The zero-order valence-electron chi connectivity index (χ0n) is 16.4. The van der Waals surface area contributed by atoms with Crippen LogP contribution in [0, 0.1) is 18.6 Å². The quantitative estimate of drug-likeness (QED) is 0.617. The van der Waals surface area contributed by atoms with Crippen LogP contribution in [0.2, 0.25) is 0 Å². The van der Waals surface area contributed by atoms with Gasteiger partial charge in [-0.15, -0.1) is 0 Å². The number of aryl methyl sites for hydroxylation is 1. The molecule has 1 fully saturated rings. The van der Waals surface area contributed by atoms with Gasteiger partial charge in [-0.1, -0.05) is 17.7 Å². The summed E-state index contributed by atoms with van der Waals surface area (Å²) in [4.78, 5) is 5.93. The van der Waals surface area contributed by atoms with E-state index in [1.54, 1.807) is 6.26 Å². The molecule has 0 radical (unpaired) electrons. The molecular weight excluding hydrogens is 412 g/mol. The molecule has 3 aromatic rings. The largest absolute Gasteiger partial charge is 0.444 e. The summed E-state index contributed by atoms with van der Waals surface area (Å²) in [6, 6.07) is 10.3. The van der Waals surface area contributed by atoms with Gasteiger partial charge in [-0.05, 0) is 37.3 Å². The van der Waals surface area contributed by atoms with Crippen molar-refractivity contribution in [3.63, 3.8) is 0 Å². The molecule has 1 aliphatic rings. The topological polar surface area (TPSA) is 66.7 Å². The predicted octanol–water partition coefficient (Wildman–Crippen LogP) is 3.43. The number of oxazole rings is 1. The summed E-state index contributed by atoms with van der Waals surface area (Å²) in [5.41, 5.74) is 2.79. The van der Waals surface area contributed by atoms with Crippen LogP contribution in [-0.2, 0) is 16.6 Å². The zero-order valence-corrected chi connectivity index (χ0v) is 17.2. The number of halogens is 2. The van der Waals surface area contributed by atoms with Gasteiger partial charge >= 0.3 is 0 Å². The van der Waals surface area contributed by atoms with E-state index in [0.717, 1.165) is 35.0 Å². The standard InChI is InChI=1S/C21H21F2N3O3S/c1-15-2-4-16(5-3-15)21-24-18(14-29-21)13-25-8-10-26(11-9-25)30(27,28)20-12-17(22)6-7-19(20)23/h2-7,12,14H,8-11,13H2,1H3. The van der Waals surface area contributed by atoms with Crippen LogP contribution in [0.4, 0.5) is 8.78 Å². The maximum absolute atomic E-state index is 13.9. The van der Waals surface area contributed by atoms with E-state index in [1.807, 2.05) is 36.1 Å². The second-order valence-electron chi connectivity index (χ2n) is 7.26. The Kier molecular flexibility index (Phi) is 5.68. The summed E-state index contributed by atoms with van der Waals surface area (Å²) in [6.45, 7) is 3.78. The van der Waals surface area contributed by atoms with E-state index in [0.29, 0.717) is 25.5 Å². The Balaban J connectivity index is 1.39. The average Bonchev–Trinajstić information content (AvgIpc) is 3.19. The maximum Gasteiger partial charge on any atom is 0.246 e. The highest BCUT2D eigenvalue weighted by Crippen LogP contribution is 2.23. The maximum atomic E-state index is 13.9. The van der Waals surface area contributed by atoms with E-state index in [2.05, 4.69) is 4.98 Å². The molecule has 158 valence electrons. The van der Waals surface area contributed by atoms with Crippen LogP contribution in [-0.4, -0.2) is 48.8 Å². The van der Waals surface area contributed by atoms with Crippen molar-refractivity contribution in [1.29, 1.82) is 0 Å². The number of piperazine rings is 1. The Morgan fingerprint density at radius 1 is 1.03 bits per heavy atom. The van der Waals surface area contributed by atoms with Crippen molar-refractivity contribution in [3.05, 3.63) is 71.6 Å². The van der Waals surface area contributed by atoms with Crippen LogP contribution in [0.25, 0.3) is 11.5 Å². The van der Waals surface area contributed by atoms with Gasteiger partial charge in [0.2, 0.25) is 15.9 Å². The van der Waals surface area contributed by atoms with Crippen molar-refractivity contribution in [1.82, 2.24) is 14.2 Å². The molecule has 0 amide bonds. The minimum atomic E-state index is -4.09. The summed E-state index contributed by atoms with van der Waals surface area (Å²) < 4.78 is 59.5. The van der Waals surface area contributed by atoms with Crippen LogP contribution in [0.5, 0.6) is 0 Å². The second-order valence-corrected chi connectivity index (χ2v) is 9.17. The molecule has 1 aliphatic heterocycles. The fourth-order valence-electron chi connectivity index (χ4n) is 3.38. The molecule has 4 rings (SSSR count). The van der Waals surface area contributed by atoms with Crippen LogP contribution < -0.4 is 0 Å². The summed E-state index contributed by atoms with van der Waals surface area (Å²) in [5.74, 6) is -1.21. The molecule has 0 atom stereocenters. The summed E-state index contributed by atoms with van der Waals surface area (Å²) >= 11 is 0. The number of benzene rings is 2. The lowest BCUT2D eigenvalue weighted by molar-refractivity contribution is 0.179. The summed E-state index contributed by atoms with van der Waals surface area (Å²) in [7, 11) is -4.09. The third kappa shape index (κ3) is 4.28. The average molecular weight is 433 g/mol. The van der Waals surface area contributed by atoms with E-state index in [-0.39, 0.29) is 13.1 Å². The Morgan fingerprint density at radius 2 is 1.73 bits per heavy atom. The first kappa shape index (κ1) is 20.6. The van der Waals surface area contributed by atoms with E-state index in [9.17, 15) is 17.2 Å². The molecule has 1 saturated heterocycles. The van der Waals surface area contributed by atoms with Crippen molar-refractivity contribution >= 4 is 10.0 Å². The second kappa shape index (κ2) is 8.25. The summed E-state index contributed by atoms with van der Waals surface area (Å²) in [5, 5.41) is 0. The van der Waals surface area contributed by atoms with Gasteiger partial charge in [0.15, 0.2) is 0 Å². The molecule has 0 aliphatic carbocycles. The lowest BCUT2D eigenvalue weighted by Crippen LogP contribution is -2.48. The highest BCUT2D eigenvalue weighted by atomic mass is 32.2. The van der Waals surface area contributed by atoms with Gasteiger partial charge in [0.1, 0.15) is 22.8 Å². The van der Waals surface area contributed by atoms with Crippen molar-refractivity contribution in [2.75, 3.05) is 26.2 Å². The Labute approximate surface area is 173 Å². The van der Waals surface area contributed by atoms with Crippen LogP contribution >= 0.6 is 0 Å². The van der Waals surface area contributed by atoms with Gasteiger partial charge < -0.3 is 4.42 Å². The van der Waals surface area contributed by atoms with E-state index >= 15 is 0 Å². The Morgan fingerprint density at radius 3 is 2.43 bits per heavy atom. The molecular formula is C21H21F2N3O3S. The molecule has 30 heavy (non-hydrogen) atoms. The van der Waals surface area contributed by atoms with Gasteiger partial charge in [-0.2, -0.15) is 4.31 Å². The van der Waals surface area contributed by atoms with Crippen LogP contribution in [0.15, 0.2) is 58.0 Å². The first-order valence-electron chi connectivity index (χ1n) is 9.52. The van der Waals surface area contributed by atoms with Crippen LogP contribution in [0.1, 0.15) is 11.3 Å². The fraction of sp³-hybridized carbons (Fsp3) is 0.286. The highest BCUT2D eigenvalue weighted by molar-refractivity contribution is 7.89. The minimum Gasteiger partial charge on any atom is -0.444 e. The van der Waals surface area contributed by atoms with E-state index < -0.39 is 26.6 Å². The number of aromatic nitrogens is 1. The Hall–Kier alpha value is -2.62. The van der Waals surface area contributed by atoms with Gasteiger partial charge in [0.25, 0.3) is 0 Å². The molecule has 9 heteroatoms. The smallest absolute Gasteiger partial charge is 0.246 e. The van der Waals surface area contributed by atoms with Gasteiger partial charge in [0.05, 0.1) is 5.69 Å². The zero-order chi connectivity index (χ0) is 21.3. The first-order chi connectivity index (χ1) is 14.3. The van der Waals surface area contributed by atoms with Gasteiger partial charge in [-0.3, -0.25) is 4.90 Å². The van der Waals surface area contributed by atoms with Gasteiger partial charge in [0, 0.05) is 38.3 Å². The predicted molar refractivity (Wildman–Crippen MR) is 107 cm³/mol.